The van der Waals surface area contributed by atoms with Crippen molar-refractivity contribution in [3.05, 3.63) is 35.6 Å². The molecule has 0 amide bonds. The molecule has 0 unspecified atom stereocenters. The van der Waals surface area contributed by atoms with Gasteiger partial charge in [0.15, 0.2) is 0 Å². The number of hydrogen-bond acceptors (Lipinski definition) is 1. The zero-order valence-corrected chi connectivity index (χ0v) is 12.7. The quantitative estimate of drug-likeness (QED) is 0.806. The Balaban J connectivity index is 1.25. The van der Waals surface area contributed by atoms with E-state index in [1.807, 2.05) is 12.1 Å². The van der Waals surface area contributed by atoms with Gasteiger partial charge in [-0.3, -0.25) is 0 Å². The molecule has 4 saturated carbocycles. The highest BCUT2D eigenvalue weighted by Crippen LogP contribution is 2.56. The summed E-state index contributed by atoms with van der Waals surface area (Å²) in [5, 5.41) is 3.68. The van der Waals surface area contributed by atoms with E-state index in [-0.39, 0.29) is 5.82 Å². The second-order valence-electron chi connectivity index (χ2n) is 7.68. The molecule has 4 fully saturated rings. The summed E-state index contributed by atoms with van der Waals surface area (Å²) in [6, 6.07) is 6.93. The lowest BCUT2D eigenvalue weighted by atomic mass is 9.52. The predicted molar refractivity (Wildman–Crippen MR) is 83.5 cm³/mol. The molecule has 1 N–H and O–H groups in total. The van der Waals surface area contributed by atoms with Crippen LogP contribution in [-0.4, -0.2) is 13.1 Å². The zero-order valence-electron chi connectivity index (χ0n) is 12.7. The molecule has 1 nitrogen and oxygen atoms in total. The van der Waals surface area contributed by atoms with E-state index >= 15 is 0 Å². The molecule has 0 heterocycles. The molecular formula is C19H26FN. The van der Waals surface area contributed by atoms with Crippen LogP contribution in [0.4, 0.5) is 4.39 Å². The molecule has 0 radical (unpaired) electrons. The highest BCUT2D eigenvalue weighted by molar-refractivity contribution is 5.16. The van der Waals surface area contributed by atoms with Crippen molar-refractivity contribution in [3.63, 3.8) is 0 Å². The van der Waals surface area contributed by atoms with Crippen molar-refractivity contribution in [3.8, 4) is 0 Å². The second kappa shape index (κ2) is 5.72. The average molecular weight is 287 g/mol. The molecule has 0 saturated heterocycles. The molecule has 4 aliphatic carbocycles. The van der Waals surface area contributed by atoms with E-state index in [4.69, 9.17) is 0 Å². The summed E-state index contributed by atoms with van der Waals surface area (Å²) in [5.74, 6) is 4.97. The maximum atomic E-state index is 12.9. The third kappa shape index (κ3) is 2.88. The van der Waals surface area contributed by atoms with Gasteiger partial charge in [0.2, 0.25) is 0 Å². The van der Waals surface area contributed by atoms with Gasteiger partial charge in [-0.1, -0.05) is 12.1 Å². The van der Waals surface area contributed by atoms with Crippen LogP contribution in [-0.2, 0) is 6.42 Å². The molecule has 0 spiro atoms. The summed E-state index contributed by atoms with van der Waals surface area (Å²) in [5.41, 5.74) is 1.23. The lowest BCUT2D eigenvalue weighted by Gasteiger charge is -2.54. The lowest BCUT2D eigenvalue weighted by molar-refractivity contribution is -0.0353. The summed E-state index contributed by atoms with van der Waals surface area (Å²) in [7, 11) is 0. The maximum Gasteiger partial charge on any atom is 0.123 e. The molecule has 5 rings (SSSR count). The first kappa shape index (κ1) is 13.8. The zero-order chi connectivity index (χ0) is 14.2. The van der Waals surface area contributed by atoms with Gasteiger partial charge < -0.3 is 5.32 Å². The van der Waals surface area contributed by atoms with E-state index < -0.39 is 0 Å². The fourth-order valence-corrected chi connectivity index (χ4v) is 5.52. The summed E-state index contributed by atoms with van der Waals surface area (Å²) < 4.78 is 12.9. The van der Waals surface area contributed by atoms with Crippen LogP contribution >= 0.6 is 0 Å². The van der Waals surface area contributed by atoms with Crippen LogP contribution in [0.25, 0.3) is 0 Å². The van der Waals surface area contributed by atoms with Gasteiger partial charge in [-0.25, -0.2) is 4.39 Å². The van der Waals surface area contributed by atoms with Crippen LogP contribution < -0.4 is 5.32 Å². The van der Waals surface area contributed by atoms with Crippen LogP contribution in [0.15, 0.2) is 24.3 Å². The van der Waals surface area contributed by atoms with Gasteiger partial charge in [0.25, 0.3) is 0 Å². The van der Waals surface area contributed by atoms with Crippen molar-refractivity contribution in [2.24, 2.45) is 29.6 Å². The summed E-state index contributed by atoms with van der Waals surface area (Å²) in [6.45, 7) is 2.23. The van der Waals surface area contributed by atoms with Crippen molar-refractivity contribution in [1.82, 2.24) is 5.32 Å². The molecule has 4 aliphatic rings. The van der Waals surface area contributed by atoms with Crippen molar-refractivity contribution >= 4 is 0 Å². The Labute approximate surface area is 127 Å². The summed E-state index contributed by atoms with van der Waals surface area (Å²) in [4.78, 5) is 0. The van der Waals surface area contributed by atoms with E-state index in [9.17, 15) is 4.39 Å². The van der Waals surface area contributed by atoms with Gasteiger partial charge in [0.05, 0.1) is 0 Å². The van der Waals surface area contributed by atoms with Gasteiger partial charge in [-0.15, -0.1) is 0 Å². The number of rotatable bonds is 5. The Morgan fingerprint density at radius 3 is 2.14 bits per heavy atom. The fourth-order valence-electron chi connectivity index (χ4n) is 5.52. The van der Waals surface area contributed by atoms with Gasteiger partial charge in [-0.2, -0.15) is 0 Å². The van der Waals surface area contributed by atoms with Crippen molar-refractivity contribution in [2.45, 2.75) is 38.5 Å². The molecule has 21 heavy (non-hydrogen) atoms. The molecular weight excluding hydrogens is 261 g/mol. The van der Waals surface area contributed by atoms with Gasteiger partial charge in [-0.05, 0) is 98.9 Å². The predicted octanol–water partition coefficient (Wildman–Crippen LogP) is 4.03. The number of hydrogen-bond donors (Lipinski definition) is 1. The molecule has 1 aromatic rings. The molecule has 4 bridgehead atoms. The van der Waals surface area contributed by atoms with Crippen molar-refractivity contribution in [2.75, 3.05) is 13.1 Å². The third-order valence-corrected chi connectivity index (χ3v) is 6.31. The molecule has 1 aromatic carbocycles. The molecule has 0 aliphatic heterocycles. The minimum absolute atomic E-state index is 0.139. The van der Waals surface area contributed by atoms with Crippen LogP contribution in [0.3, 0.4) is 0 Å². The van der Waals surface area contributed by atoms with E-state index in [0.717, 1.165) is 42.6 Å². The Morgan fingerprint density at radius 1 is 0.905 bits per heavy atom. The second-order valence-corrected chi connectivity index (χ2v) is 7.68. The summed E-state index contributed by atoms with van der Waals surface area (Å²) in [6.07, 6.45) is 8.59. The van der Waals surface area contributed by atoms with E-state index in [2.05, 4.69) is 5.32 Å². The largest absolute Gasteiger partial charge is 0.316 e. The molecule has 114 valence electrons. The third-order valence-electron chi connectivity index (χ3n) is 6.31. The van der Waals surface area contributed by atoms with Crippen LogP contribution in [0.2, 0.25) is 0 Å². The first-order valence-electron chi connectivity index (χ1n) is 8.73. The smallest absolute Gasteiger partial charge is 0.123 e. The Bertz CT molecular complexity index is 453. The van der Waals surface area contributed by atoms with Crippen molar-refractivity contribution in [1.29, 1.82) is 0 Å². The normalized spacial score (nSPS) is 37.1. The molecule has 2 heteroatoms. The lowest BCUT2D eigenvalue weighted by Crippen LogP contribution is -2.48. The fraction of sp³-hybridized carbons (Fsp3) is 0.684. The first-order valence-corrected chi connectivity index (χ1v) is 8.73. The van der Waals surface area contributed by atoms with Crippen LogP contribution in [0.1, 0.15) is 37.7 Å². The van der Waals surface area contributed by atoms with Gasteiger partial charge in [0.1, 0.15) is 5.82 Å². The Morgan fingerprint density at radius 2 is 1.52 bits per heavy atom. The van der Waals surface area contributed by atoms with Gasteiger partial charge in [0, 0.05) is 0 Å². The van der Waals surface area contributed by atoms with Gasteiger partial charge >= 0.3 is 0 Å². The summed E-state index contributed by atoms with van der Waals surface area (Å²) >= 11 is 0. The minimum Gasteiger partial charge on any atom is -0.316 e. The standard InChI is InChI=1S/C19H26FN/c20-18-3-1-13(2-4-18)5-6-21-12-19-16-8-14-7-15(10-16)11-17(19)9-14/h1-4,14-17,19,21H,5-12H2. The van der Waals surface area contributed by atoms with E-state index in [1.165, 1.54) is 44.2 Å². The maximum absolute atomic E-state index is 12.9. The highest BCUT2D eigenvalue weighted by Gasteiger charge is 2.47. The average Bonchev–Trinajstić information content (AvgIpc) is 2.47. The molecule has 0 aromatic heterocycles. The number of nitrogens with one attached hydrogen (secondary N) is 1. The monoisotopic (exact) mass is 287 g/mol. The topological polar surface area (TPSA) is 12.0 Å². The number of benzene rings is 1. The SMILES string of the molecule is Fc1ccc(CCNCC2C3CC4CC(C3)CC2C4)cc1. The highest BCUT2D eigenvalue weighted by atomic mass is 19.1. The minimum atomic E-state index is -0.139. The Kier molecular flexibility index (Phi) is 3.74. The molecule has 0 atom stereocenters. The Hall–Kier alpha value is -0.890. The van der Waals surface area contributed by atoms with Crippen LogP contribution in [0.5, 0.6) is 0 Å². The van der Waals surface area contributed by atoms with Crippen molar-refractivity contribution < 1.29 is 4.39 Å². The van der Waals surface area contributed by atoms with E-state index in [1.54, 1.807) is 12.1 Å². The van der Waals surface area contributed by atoms with Crippen LogP contribution in [0, 0.1) is 35.4 Å². The van der Waals surface area contributed by atoms with E-state index in [0.29, 0.717) is 0 Å². The number of halogens is 1. The first-order chi connectivity index (χ1) is 10.3.